The van der Waals surface area contributed by atoms with E-state index >= 15 is 0 Å². The summed E-state index contributed by atoms with van der Waals surface area (Å²) < 4.78 is 13.5. The Balaban J connectivity index is 1.74. The summed E-state index contributed by atoms with van der Waals surface area (Å²) in [5.41, 5.74) is 3.98. The van der Waals surface area contributed by atoms with Crippen LogP contribution in [0.5, 0.6) is 10.8 Å². The van der Waals surface area contributed by atoms with Crippen molar-refractivity contribution in [2.45, 2.75) is 6.54 Å². The zero-order chi connectivity index (χ0) is 21.5. The molecule has 8 nitrogen and oxygen atoms in total. The number of methoxy groups -OCH3 is 2. The van der Waals surface area contributed by atoms with Crippen LogP contribution in [0.15, 0.2) is 36.5 Å². The predicted octanol–water partition coefficient (Wildman–Crippen LogP) is 4.32. The molecule has 0 spiro atoms. The molecule has 0 bridgehead atoms. The van der Waals surface area contributed by atoms with Crippen LogP contribution in [0.2, 0.25) is 5.02 Å². The maximum absolute atomic E-state index is 12.8. The first-order valence-electron chi connectivity index (χ1n) is 9.52. The lowest BCUT2D eigenvalue weighted by atomic mass is 10.1. The van der Waals surface area contributed by atoms with Crippen LogP contribution >= 0.6 is 22.9 Å². The predicted molar refractivity (Wildman–Crippen MR) is 121 cm³/mol. The fourth-order valence-corrected chi connectivity index (χ4v) is 4.87. The standard InChI is InChI=1S/C21H18ClN5O3S/c1-29-15-10-14-20(31-15)11(6-7-23-14)16-17(18-21(28)24-8-9-27(18)26-16)25-13-5-3-4-12(22)19(13)30-2/h3-7,10,25H,8-9H2,1-2H3,(H,24,28). The first-order chi connectivity index (χ1) is 15.1. The van der Waals surface area contributed by atoms with E-state index in [-0.39, 0.29) is 5.91 Å². The molecule has 158 valence electrons. The van der Waals surface area contributed by atoms with E-state index in [1.54, 1.807) is 31.2 Å². The summed E-state index contributed by atoms with van der Waals surface area (Å²) in [4.78, 5) is 17.2. The van der Waals surface area contributed by atoms with Crippen molar-refractivity contribution in [3.8, 4) is 22.1 Å². The van der Waals surface area contributed by atoms with Crippen LogP contribution in [0.4, 0.5) is 11.4 Å². The van der Waals surface area contributed by atoms with Crippen LogP contribution in [0.3, 0.4) is 0 Å². The lowest BCUT2D eigenvalue weighted by molar-refractivity contribution is 0.0925. The highest BCUT2D eigenvalue weighted by Crippen LogP contribution is 2.43. The van der Waals surface area contributed by atoms with Crippen molar-refractivity contribution in [3.63, 3.8) is 0 Å². The van der Waals surface area contributed by atoms with E-state index in [9.17, 15) is 4.79 Å². The number of benzene rings is 1. The molecule has 1 aromatic carbocycles. The number of para-hydroxylation sites is 1. The first-order valence-corrected chi connectivity index (χ1v) is 10.7. The van der Waals surface area contributed by atoms with Crippen molar-refractivity contribution < 1.29 is 14.3 Å². The SMILES string of the molecule is COc1cc2nccc(-c3nn4c(c3Nc3cccc(Cl)c3OC)C(=O)NCC4)c2s1. The fourth-order valence-electron chi connectivity index (χ4n) is 3.67. The van der Waals surface area contributed by atoms with E-state index in [1.165, 1.54) is 11.3 Å². The van der Waals surface area contributed by atoms with Gasteiger partial charge in [0.05, 0.1) is 47.4 Å². The van der Waals surface area contributed by atoms with Crippen LogP contribution in [0.25, 0.3) is 21.5 Å². The molecule has 4 aromatic rings. The van der Waals surface area contributed by atoms with Crippen molar-refractivity contribution in [3.05, 3.63) is 47.2 Å². The normalized spacial score (nSPS) is 13.1. The number of hydrogen-bond donors (Lipinski definition) is 2. The largest absolute Gasteiger partial charge is 0.493 e. The Morgan fingerprint density at radius 1 is 1.26 bits per heavy atom. The number of fused-ring (bicyclic) bond motifs is 2. The molecule has 0 aliphatic carbocycles. The molecule has 10 heteroatoms. The number of halogens is 1. The summed E-state index contributed by atoms with van der Waals surface area (Å²) in [6, 6.07) is 9.19. The highest BCUT2D eigenvalue weighted by molar-refractivity contribution is 7.21. The number of amides is 1. The third kappa shape index (κ3) is 3.26. The first kappa shape index (κ1) is 19.7. The molecule has 4 heterocycles. The van der Waals surface area contributed by atoms with Gasteiger partial charge in [-0.15, -0.1) is 0 Å². The number of anilines is 2. The number of ether oxygens (including phenoxy) is 2. The Kier molecular flexibility index (Phi) is 4.91. The van der Waals surface area contributed by atoms with Crippen molar-refractivity contribution >= 4 is 50.4 Å². The molecule has 1 aliphatic heterocycles. The Bertz CT molecular complexity index is 1320. The number of hydrogen-bond acceptors (Lipinski definition) is 7. The zero-order valence-corrected chi connectivity index (χ0v) is 18.3. The Labute approximate surface area is 186 Å². The summed E-state index contributed by atoms with van der Waals surface area (Å²) in [7, 11) is 3.18. The molecule has 1 amide bonds. The quantitative estimate of drug-likeness (QED) is 0.466. The molecule has 0 unspecified atom stereocenters. The Hall–Kier alpha value is -3.30. The minimum Gasteiger partial charge on any atom is -0.493 e. The molecule has 5 rings (SSSR count). The van der Waals surface area contributed by atoms with Crippen molar-refractivity contribution in [1.29, 1.82) is 0 Å². The number of carbonyl (C=O) groups excluding carboxylic acids is 1. The second-order valence-electron chi connectivity index (χ2n) is 6.84. The van der Waals surface area contributed by atoms with E-state index in [1.807, 2.05) is 24.3 Å². The number of nitrogens with one attached hydrogen (secondary N) is 2. The summed E-state index contributed by atoms with van der Waals surface area (Å²) in [6.45, 7) is 1.09. The lowest BCUT2D eigenvalue weighted by Gasteiger charge is -2.17. The number of carbonyl (C=O) groups is 1. The van der Waals surface area contributed by atoms with E-state index in [2.05, 4.69) is 15.6 Å². The number of thiophene rings is 1. The van der Waals surface area contributed by atoms with Crippen LogP contribution < -0.4 is 20.1 Å². The van der Waals surface area contributed by atoms with Gasteiger partial charge in [-0.3, -0.25) is 14.5 Å². The van der Waals surface area contributed by atoms with Crippen LogP contribution in [0.1, 0.15) is 10.5 Å². The van der Waals surface area contributed by atoms with Gasteiger partial charge in [0, 0.05) is 24.4 Å². The van der Waals surface area contributed by atoms with Crippen LogP contribution in [0, 0.1) is 0 Å². The van der Waals surface area contributed by atoms with Gasteiger partial charge >= 0.3 is 0 Å². The van der Waals surface area contributed by atoms with Crippen molar-refractivity contribution in [1.82, 2.24) is 20.1 Å². The summed E-state index contributed by atoms with van der Waals surface area (Å²) in [5, 5.41) is 12.3. The molecule has 2 N–H and O–H groups in total. The van der Waals surface area contributed by atoms with E-state index in [0.717, 1.165) is 20.8 Å². The summed E-state index contributed by atoms with van der Waals surface area (Å²) in [5.74, 6) is 0.298. The average molecular weight is 456 g/mol. The molecular formula is C21H18ClN5O3S. The van der Waals surface area contributed by atoms with Gasteiger partial charge in [0.1, 0.15) is 11.4 Å². The topological polar surface area (TPSA) is 90.3 Å². The molecule has 0 saturated heterocycles. The monoisotopic (exact) mass is 455 g/mol. The molecule has 0 atom stereocenters. The lowest BCUT2D eigenvalue weighted by Crippen LogP contribution is -2.35. The Morgan fingerprint density at radius 2 is 2.13 bits per heavy atom. The minimum absolute atomic E-state index is 0.192. The second kappa shape index (κ2) is 7.75. The van der Waals surface area contributed by atoms with Gasteiger partial charge in [0.15, 0.2) is 10.8 Å². The third-order valence-electron chi connectivity index (χ3n) is 5.05. The third-order valence-corrected chi connectivity index (χ3v) is 6.47. The smallest absolute Gasteiger partial charge is 0.271 e. The maximum Gasteiger partial charge on any atom is 0.271 e. The second-order valence-corrected chi connectivity index (χ2v) is 8.26. The minimum atomic E-state index is -0.192. The molecule has 0 saturated carbocycles. The van der Waals surface area contributed by atoms with Gasteiger partial charge in [-0.2, -0.15) is 5.10 Å². The van der Waals surface area contributed by atoms with Gasteiger partial charge in [-0.05, 0) is 18.2 Å². The van der Waals surface area contributed by atoms with E-state index in [0.29, 0.717) is 46.6 Å². The summed E-state index contributed by atoms with van der Waals surface area (Å²) in [6.07, 6.45) is 1.73. The molecule has 0 fully saturated rings. The van der Waals surface area contributed by atoms with Crippen molar-refractivity contribution in [2.75, 3.05) is 26.1 Å². The maximum atomic E-state index is 12.8. The van der Waals surface area contributed by atoms with Gasteiger partial charge in [-0.25, -0.2) is 0 Å². The molecule has 31 heavy (non-hydrogen) atoms. The van der Waals surface area contributed by atoms with Crippen LogP contribution in [-0.4, -0.2) is 41.4 Å². The number of rotatable bonds is 5. The highest BCUT2D eigenvalue weighted by Gasteiger charge is 2.29. The average Bonchev–Trinajstić information content (AvgIpc) is 3.36. The molecule has 3 aromatic heterocycles. The molecule has 0 radical (unpaired) electrons. The Morgan fingerprint density at radius 3 is 2.94 bits per heavy atom. The highest BCUT2D eigenvalue weighted by atomic mass is 35.5. The van der Waals surface area contributed by atoms with E-state index in [4.69, 9.17) is 26.2 Å². The molecule has 1 aliphatic rings. The fraction of sp³-hybridized carbons (Fsp3) is 0.190. The van der Waals surface area contributed by atoms with Crippen molar-refractivity contribution in [2.24, 2.45) is 0 Å². The van der Waals surface area contributed by atoms with Gasteiger partial charge in [-0.1, -0.05) is 29.0 Å². The number of nitrogens with zero attached hydrogens (tertiary/aromatic N) is 3. The van der Waals surface area contributed by atoms with Gasteiger partial charge in [0.25, 0.3) is 5.91 Å². The summed E-state index contributed by atoms with van der Waals surface area (Å²) >= 11 is 7.79. The van der Waals surface area contributed by atoms with E-state index < -0.39 is 0 Å². The van der Waals surface area contributed by atoms with Gasteiger partial charge < -0.3 is 20.1 Å². The zero-order valence-electron chi connectivity index (χ0n) is 16.7. The number of aromatic nitrogens is 3. The molecular weight excluding hydrogens is 438 g/mol. The number of pyridine rings is 1. The van der Waals surface area contributed by atoms with Gasteiger partial charge in [0.2, 0.25) is 0 Å². The van der Waals surface area contributed by atoms with Crippen LogP contribution in [-0.2, 0) is 6.54 Å².